The fourth-order valence-electron chi connectivity index (χ4n) is 4.77. The Morgan fingerprint density at radius 1 is 1.24 bits per heavy atom. The molecule has 8 nitrogen and oxygen atoms in total. The fourth-order valence-corrected chi connectivity index (χ4v) is 4.77. The third-order valence-electron chi connectivity index (χ3n) is 6.67. The normalized spacial score (nSPS) is 15.7. The molecule has 1 fully saturated rings. The summed E-state index contributed by atoms with van der Waals surface area (Å²) in [6, 6.07) is 5.28. The van der Waals surface area contributed by atoms with Gasteiger partial charge in [0.15, 0.2) is 0 Å². The van der Waals surface area contributed by atoms with Gasteiger partial charge in [0.25, 0.3) is 12.0 Å². The number of hydrogen-bond donors (Lipinski definition) is 1. The molecule has 0 spiro atoms. The molecule has 1 saturated heterocycles. The average molecular weight is 519 g/mol. The molecule has 38 heavy (non-hydrogen) atoms. The van der Waals surface area contributed by atoms with Crippen LogP contribution in [0.25, 0.3) is 11.0 Å². The van der Waals surface area contributed by atoms with Gasteiger partial charge in [-0.15, -0.1) is 0 Å². The topological polar surface area (TPSA) is 89.3 Å². The molecule has 1 aliphatic heterocycles. The molecule has 3 heterocycles. The minimum absolute atomic E-state index is 0.00944. The van der Waals surface area contributed by atoms with Crippen molar-refractivity contribution in [3.63, 3.8) is 0 Å². The van der Waals surface area contributed by atoms with Gasteiger partial charge in [-0.25, -0.2) is 23.1 Å². The van der Waals surface area contributed by atoms with Gasteiger partial charge >= 0.3 is 0 Å². The number of likely N-dealkylation sites (tertiary alicyclic amines) is 1. The number of carbonyl (C=O) groups excluding carboxylic acids is 1. The van der Waals surface area contributed by atoms with Crippen LogP contribution in [-0.4, -0.2) is 67.3 Å². The number of alkyl halides is 2. The molecular formula is C24H23B3F3N5O3. The van der Waals surface area contributed by atoms with E-state index in [2.05, 4.69) is 15.3 Å². The first-order valence-corrected chi connectivity index (χ1v) is 11.8. The van der Waals surface area contributed by atoms with Crippen molar-refractivity contribution in [2.75, 3.05) is 18.4 Å². The summed E-state index contributed by atoms with van der Waals surface area (Å²) in [6.45, 7) is 1.81. The number of pyridine rings is 1. The van der Waals surface area contributed by atoms with Crippen molar-refractivity contribution < 1.29 is 22.7 Å². The molecule has 1 aliphatic rings. The maximum absolute atomic E-state index is 14.6. The number of rotatable bonds is 7. The number of nitrogens with zero attached hydrogens (tertiary/aromatic N) is 4. The van der Waals surface area contributed by atoms with Crippen molar-refractivity contribution in [1.29, 1.82) is 0 Å². The Morgan fingerprint density at radius 3 is 2.53 bits per heavy atom. The van der Waals surface area contributed by atoms with Crippen molar-refractivity contribution >= 4 is 46.3 Å². The summed E-state index contributed by atoms with van der Waals surface area (Å²) in [7, 11) is 18.9. The lowest BCUT2D eigenvalue weighted by atomic mass is 9.52. The molecule has 0 unspecified atom stereocenters. The maximum atomic E-state index is 14.6. The van der Waals surface area contributed by atoms with E-state index >= 15 is 0 Å². The largest absolute Gasteiger partial charge is 0.391 e. The van der Waals surface area contributed by atoms with E-state index in [9.17, 15) is 22.8 Å². The van der Waals surface area contributed by atoms with E-state index in [1.807, 2.05) is 0 Å². The van der Waals surface area contributed by atoms with Crippen LogP contribution in [0, 0.1) is 5.82 Å². The minimum Gasteiger partial charge on any atom is -0.391 e. The van der Waals surface area contributed by atoms with E-state index in [0.29, 0.717) is 5.39 Å². The van der Waals surface area contributed by atoms with Gasteiger partial charge in [-0.1, -0.05) is 18.2 Å². The molecule has 1 N–H and O–H groups in total. The summed E-state index contributed by atoms with van der Waals surface area (Å²) in [5, 5.41) is 1.25. The number of benzene rings is 1. The van der Waals surface area contributed by atoms with Crippen LogP contribution in [0.5, 0.6) is 0 Å². The van der Waals surface area contributed by atoms with Crippen molar-refractivity contribution in [3.8, 4) is 0 Å². The Balaban J connectivity index is 1.78. The molecule has 2 aromatic heterocycles. The molecule has 6 radical (unpaired) electrons. The van der Waals surface area contributed by atoms with Gasteiger partial charge in [0.05, 0.1) is 45.7 Å². The number of fused-ring (bicyclic) bond motifs is 1. The zero-order valence-corrected chi connectivity index (χ0v) is 20.9. The summed E-state index contributed by atoms with van der Waals surface area (Å²) in [6.07, 6.45) is -1.37. The van der Waals surface area contributed by atoms with Crippen LogP contribution >= 0.6 is 0 Å². The second-order valence-electron chi connectivity index (χ2n) is 9.31. The van der Waals surface area contributed by atoms with Crippen LogP contribution in [-0.2, 0) is 28.7 Å². The maximum Gasteiger partial charge on any atom is 0.266 e. The molecule has 14 heteroatoms. The third-order valence-corrected chi connectivity index (χ3v) is 6.67. The van der Waals surface area contributed by atoms with E-state index in [4.69, 9.17) is 28.3 Å². The Kier molecular flexibility index (Phi) is 7.65. The lowest BCUT2D eigenvalue weighted by Gasteiger charge is -2.45. The molecule has 0 bridgehead atoms. The van der Waals surface area contributed by atoms with E-state index in [1.54, 1.807) is 4.90 Å². The van der Waals surface area contributed by atoms with E-state index in [0.717, 1.165) is 6.07 Å². The van der Waals surface area contributed by atoms with Gasteiger partial charge in [0.2, 0.25) is 5.91 Å². The molecule has 0 atom stereocenters. The van der Waals surface area contributed by atoms with Crippen LogP contribution in [0.3, 0.4) is 0 Å². The first kappa shape index (κ1) is 27.8. The monoisotopic (exact) mass is 519 g/mol. The predicted octanol–water partition coefficient (Wildman–Crippen LogP) is 1.99. The van der Waals surface area contributed by atoms with Crippen molar-refractivity contribution in [3.05, 3.63) is 63.5 Å². The Bertz CT molecular complexity index is 1420. The summed E-state index contributed by atoms with van der Waals surface area (Å²) < 4.78 is 48.0. The highest BCUT2D eigenvalue weighted by Gasteiger charge is 2.42. The van der Waals surface area contributed by atoms with Gasteiger partial charge in [-0.05, 0) is 24.2 Å². The third kappa shape index (κ3) is 5.45. The molecular weight excluding hydrogens is 496 g/mol. The molecule has 1 amide bonds. The minimum atomic E-state index is -2.96. The number of hydrogen-bond acceptors (Lipinski definition) is 6. The second-order valence-corrected chi connectivity index (χ2v) is 9.31. The number of halogens is 3. The number of ether oxygens (including phenoxy) is 1. The quantitative estimate of drug-likeness (QED) is 0.481. The number of piperidine rings is 1. The van der Waals surface area contributed by atoms with Gasteiger partial charge < -0.3 is 15.0 Å². The van der Waals surface area contributed by atoms with Crippen molar-refractivity contribution in [2.45, 2.75) is 43.6 Å². The fraction of sp³-hybridized carbons (Fsp3) is 0.417. The van der Waals surface area contributed by atoms with Gasteiger partial charge in [0.1, 0.15) is 23.6 Å². The average Bonchev–Trinajstić information content (AvgIpc) is 2.84. The first-order chi connectivity index (χ1) is 17.8. The van der Waals surface area contributed by atoms with Gasteiger partial charge in [-0.3, -0.25) is 14.2 Å². The zero-order valence-electron chi connectivity index (χ0n) is 20.9. The number of aromatic nitrogens is 3. The Labute approximate surface area is 221 Å². The van der Waals surface area contributed by atoms with Gasteiger partial charge in [0, 0.05) is 39.2 Å². The lowest BCUT2D eigenvalue weighted by Crippen LogP contribution is -2.53. The van der Waals surface area contributed by atoms with E-state index in [1.165, 1.54) is 43.1 Å². The Morgan fingerprint density at radius 2 is 1.92 bits per heavy atom. The molecule has 0 saturated carbocycles. The van der Waals surface area contributed by atoms with E-state index < -0.39 is 34.3 Å². The number of nitrogens with one attached hydrogen (secondary N) is 1. The predicted molar refractivity (Wildman–Crippen MR) is 138 cm³/mol. The number of anilines is 1. The zero-order chi connectivity index (χ0) is 27.8. The molecule has 192 valence electrons. The van der Waals surface area contributed by atoms with Crippen LogP contribution in [0.1, 0.15) is 42.9 Å². The van der Waals surface area contributed by atoms with Crippen LogP contribution < -0.4 is 10.9 Å². The van der Waals surface area contributed by atoms with Gasteiger partial charge in [-0.2, -0.15) is 0 Å². The highest BCUT2D eigenvalue weighted by Crippen LogP contribution is 2.38. The molecule has 0 aliphatic carbocycles. The van der Waals surface area contributed by atoms with Crippen molar-refractivity contribution in [1.82, 2.24) is 19.4 Å². The molecule has 4 rings (SSSR count). The van der Waals surface area contributed by atoms with Crippen LogP contribution in [0.15, 0.2) is 35.4 Å². The smallest absolute Gasteiger partial charge is 0.266 e. The molecule has 3 aromatic rings. The number of carbonyl (C=O) groups is 1. The first-order valence-electron chi connectivity index (χ1n) is 11.8. The van der Waals surface area contributed by atoms with Crippen LogP contribution in [0.4, 0.5) is 19.0 Å². The summed E-state index contributed by atoms with van der Waals surface area (Å²) >= 11 is 0. The van der Waals surface area contributed by atoms with E-state index in [-0.39, 0.29) is 61.0 Å². The number of aryl methyl sites for hydroxylation is 1. The molecule has 1 aromatic carbocycles. The summed E-state index contributed by atoms with van der Waals surface area (Å²) in [5.74, 6) is -0.923. The van der Waals surface area contributed by atoms with Crippen LogP contribution in [0.2, 0.25) is 0 Å². The highest BCUT2D eigenvalue weighted by atomic mass is 19.3. The second kappa shape index (κ2) is 10.5. The standard InChI is InChI=1S/C24H23B3F3N5O3/c1-13(36)35-8-6-23(7-9-35,38-24(25,26)27)17-10-16-20(32-12-33-21(16)34(2)22(17)37)31-11-14-4-3-5-15(18(14)28)19(29)30/h3-5,10,12,19H,6-9,11H2,1-2H3,(H,31,32,33). The lowest BCUT2D eigenvalue weighted by molar-refractivity contribution is -0.138. The number of amides is 1. The van der Waals surface area contributed by atoms with Crippen molar-refractivity contribution in [2.24, 2.45) is 7.05 Å². The summed E-state index contributed by atoms with van der Waals surface area (Å²) in [5.41, 5.74) is -2.04. The Hall–Kier alpha value is -3.28. The highest BCUT2D eigenvalue weighted by molar-refractivity contribution is 6.58. The SMILES string of the molecule is [B]C([B])([B])OC1(c2cc3c(NCc4cccc(C(F)F)c4F)ncnc3n(C)c2=O)CCN(C(C)=O)CC1. The summed E-state index contributed by atoms with van der Waals surface area (Å²) in [4.78, 5) is 35.4.